The molecule has 1 heterocycles. The van der Waals surface area contributed by atoms with Crippen molar-refractivity contribution in [3.8, 4) is 17.0 Å². The van der Waals surface area contributed by atoms with Gasteiger partial charge >= 0.3 is 6.09 Å². The number of aryl methyl sites for hydroxylation is 2. The van der Waals surface area contributed by atoms with Gasteiger partial charge in [-0.1, -0.05) is 35.9 Å². The van der Waals surface area contributed by atoms with Crippen molar-refractivity contribution in [1.82, 2.24) is 10.2 Å². The molecule has 0 aliphatic heterocycles. The van der Waals surface area contributed by atoms with E-state index in [2.05, 4.69) is 28.5 Å². The van der Waals surface area contributed by atoms with E-state index in [1.807, 2.05) is 43.3 Å². The van der Waals surface area contributed by atoms with Crippen LogP contribution in [-0.4, -0.2) is 23.4 Å². The lowest BCUT2D eigenvalue weighted by Crippen LogP contribution is -2.13. The number of methoxy groups -OCH3 is 1. The topological polar surface area (TPSA) is 76.2 Å². The molecule has 0 radical (unpaired) electrons. The average Bonchev–Trinajstić information content (AvgIpc) is 3.08. The van der Waals surface area contributed by atoms with Gasteiger partial charge in [-0.25, -0.2) is 4.79 Å². The lowest BCUT2D eigenvalue weighted by atomic mass is 10.0. The fraction of sp³-hybridized carbons (Fsp3) is 0.200. The summed E-state index contributed by atoms with van der Waals surface area (Å²) < 4.78 is 10.3. The predicted octanol–water partition coefficient (Wildman–Crippen LogP) is 4.45. The van der Waals surface area contributed by atoms with E-state index in [1.54, 1.807) is 13.2 Å². The van der Waals surface area contributed by atoms with Crippen molar-refractivity contribution in [3.63, 3.8) is 0 Å². The van der Waals surface area contributed by atoms with Gasteiger partial charge in [0.1, 0.15) is 12.4 Å². The molecule has 0 spiro atoms. The zero-order chi connectivity index (χ0) is 18.5. The van der Waals surface area contributed by atoms with Crippen LogP contribution in [0.5, 0.6) is 5.75 Å². The highest BCUT2D eigenvalue weighted by Gasteiger charge is 2.10. The molecule has 6 heteroatoms. The van der Waals surface area contributed by atoms with Crippen LogP contribution in [0.3, 0.4) is 0 Å². The van der Waals surface area contributed by atoms with Gasteiger partial charge < -0.3 is 9.47 Å². The Bertz CT molecular complexity index is 901. The minimum Gasteiger partial charge on any atom is -0.497 e. The number of nitrogens with zero attached hydrogens (tertiary/aromatic N) is 1. The summed E-state index contributed by atoms with van der Waals surface area (Å²) in [6.45, 7) is 4.26. The van der Waals surface area contributed by atoms with E-state index in [4.69, 9.17) is 9.47 Å². The summed E-state index contributed by atoms with van der Waals surface area (Å²) in [7, 11) is 1.61. The number of carbonyl (C=O) groups is 1. The highest BCUT2D eigenvalue weighted by molar-refractivity contribution is 5.84. The number of H-pyrrole nitrogens is 1. The maximum absolute atomic E-state index is 12.0. The Labute approximate surface area is 152 Å². The number of ether oxygens (including phenoxy) is 2. The highest BCUT2D eigenvalue weighted by Crippen LogP contribution is 2.24. The Morgan fingerprint density at radius 3 is 2.58 bits per heavy atom. The minimum absolute atomic E-state index is 0.171. The number of benzene rings is 2. The molecule has 134 valence electrons. The number of nitrogens with one attached hydrogen (secondary N) is 2. The van der Waals surface area contributed by atoms with Gasteiger partial charge in [-0.2, -0.15) is 5.10 Å². The molecule has 0 aliphatic rings. The Morgan fingerprint density at radius 1 is 1.12 bits per heavy atom. The van der Waals surface area contributed by atoms with E-state index in [9.17, 15) is 4.79 Å². The summed E-state index contributed by atoms with van der Waals surface area (Å²) in [6, 6.07) is 15.3. The third kappa shape index (κ3) is 4.22. The molecule has 0 aliphatic carbocycles. The molecular weight excluding hydrogens is 330 g/mol. The van der Waals surface area contributed by atoms with Crippen molar-refractivity contribution < 1.29 is 14.3 Å². The van der Waals surface area contributed by atoms with E-state index < -0.39 is 6.09 Å². The standard InChI is InChI=1S/C20H21N3O3/c1-13-4-9-17(14(2)10-13)18-11-19(23-22-18)21-20(24)26-12-15-5-7-16(25-3)8-6-15/h4-11H,12H2,1-3H3,(H2,21,22,23,24). The van der Waals surface area contributed by atoms with Crippen LogP contribution in [-0.2, 0) is 11.3 Å². The Hall–Kier alpha value is -3.28. The largest absolute Gasteiger partial charge is 0.497 e. The van der Waals surface area contributed by atoms with Crippen LogP contribution in [0.2, 0.25) is 0 Å². The van der Waals surface area contributed by atoms with Gasteiger partial charge in [0.15, 0.2) is 5.82 Å². The fourth-order valence-electron chi connectivity index (χ4n) is 2.65. The van der Waals surface area contributed by atoms with E-state index in [1.165, 1.54) is 5.56 Å². The second-order valence-corrected chi connectivity index (χ2v) is 6.03. The smallest absolute Gasteiger partial charge is 0.413 e. The number of hydrogen-bond acceptors (Lipinski definition) is 4. The molecule has 6 nitrogen and oxygen atoms in total. The Morgan fingerprint density at radius 2 is 1.88 bits per heavy atom. The molecule has 2 aromatic carbocycles. The number of rotatable bonds is 5. The molecule has 3 aromatic rings. The molecule has 0 fully saturated rings. The minimum atomic E-state index is -0.556. The molecule has 0 saturated carbocycles. The third-order valence-electron chi connectivity index (χ3n) is 4.01. The van der Waals surface area contributed by atoms with Gasteiger partial charge in [0.2, 0.25) is 0 Å². The van der Waals surface area contributed by atoms with E-state index >= 15 is 0 Å². The second kappa shape index (κ2) is 7.74. The summed E-state index contributed by atoms with van der Waals surface area (Å²) in [5.74, 6) is 1.17. The fourth-order valence-corrected chi connectivity index (χ4v) is 2.65. The van der Waals surface area contributed by atoms with E-state index in [0.717, 1.165) is 28.1 Å². The number of carbonyl (C=O) groups excluding carboxylic acids is 1. The molecule has 0 bridgehead atoms. The molecule has 3 rings (SSSR count). The zero-order valence-electron chi connectivity index (χ0n) is 15.0. The van der Waals surface area contributed by atoms with Crippen molar-refractivity contribution >= 4 is 11.9 Å². The van der Waals surface area contributed by atoms with Crippen molar-refractivity contribution in [2.24, 2.45) is 0 Å². The number of amides is 1. The summed E-state index contributed by atoms with van der Waals surface area (Å²) >= 11 is 0. The maximum Gasteiger partial charge on any atom is 0.413 e. The highest BCUT2D eigenvalue weighted by atomic mass is 16.5. The van der Waals surface area contributed by atoms with Gasteiger partial charge in [-0.3, -0.25) is 10.4 Å². The first-order chi connectivity index (χ1) is 12.5. The zero-order valence-corrected chi connectivity index (χ0v) is 15.0. The summed E-state index contributed by atoms with van der Waals surface area (Å²) in [4.78, 5) is 12.0. The summed E-state index contributed by atoms with van der Waals surface area (Å²) in [5, 5.41) is 9.69. The lowest BCUT2D eigenvalue weighted by Gasteiger charge is -2.06. The molecule has 0 saturated heterocycles. The normalized spacial score (nSPS) is 10.4. The Kier molecular flexibility index (Phi) is 5.22. The molecule has 1 amide bonds. The van der Waals surface area contributed by atoms with Crippen LogP contribution in [0.4, 0.5) is 10.6 Å². The first-order valence-corrected chi connectivity index (χ1v) is 8.25. The first kappa shape index (κ1) is 17.5. The Balaban J connectivity index is 1.58. The molecular formula is C20H21N3O3. The van der Waals surface area contributed by atoms with Gasteiger partial charge in [-0.15, -0.1) is 0 Å². The van der Waals surface area contributed by atoms with Gasteiger partial charge in [0, 0.05) is 11.6 Å². The van der Waals surface area contributed by atoms with E-state index in [0.29, 0.717) is 5.82 Å². The quantitative estimate of drug-likeness (QED) is 0.712. The monoisotopic (exact) mass is 351 g/mol. The van der Waals surface area contributed by atoms with Crippen molar-refractivity contribution in [1.29, 1.82) is 0 Å². The van der Waals surface area contributed by atoms with Crippen molar-refractivity contribution in [2.75, 3.05) is 12.4 Å². The van der Waals surface area contributed by atoms with Crippen LogP contribution < -0.4 is 10.1 Å². The van der Waals surface area contributed by atoms with Crippen LogP contribution in [0.1, 0.15) is 16.7 Å². The lowest BCUT2D eigenvalue weighted by molar-refractivity contribution is 0.155. The second-order valence-electron chi connectivity index (χ2n) is 6.03. The number of aromatic nitrogens is 2. The molecule has 0 unspecified atom stereocenters. The molecule has 0 atom stereocenters. The van der Waals surface area contributed by atoms with Crippen molar-refractivity contribution in [2.45, 2.75) is 20.5 Å². The number of hydrogen-bond donors (Lipinski definition) is 2. The third-order valence-corrected chi connectivity index (χ3v) is 4.01. The van der Waals surface area contributed by atoms with Crippen LogP contribution in [0.25, 0.3) is 11.3 Å². The maximum atomic E-state index is 12.0. The van der Waals surface area contributed by atoms with Crippen LogP contribution in [0.15, 0.2) is 48.5 Å². The predicted molar refractivity (Wildman–Crippen MR) is 100 cm³/mol. The first-order valence-electron chi connectivity index (χ1n) is 8.25. The molecule has 2 N–H and O–H groups in total. The summed E-state index contributed by atoms with van der Waals surface area (Å²) in [5.41, 5.74) is 5.10. The summed E-state index contributed by atoms with van der Waals surface area (Å²) in [6.07, 6.45) is -0.556. The molecule has 26 heavy (non-hydrogen) atoms. The van der Waals surface area contributed by atoms with Gasteiger partial charge in [0.05, 0.1) is 12.8 Å². The number of anilines is 1. The van der Waals surface area contributed by atoms with E-state index in [-0.39, 0.29) is 6.61 Å². The van der Waals surface area contributed by atoms with Gasteiger partial charge in [-0.05, 0) is 37.1 Å². The average molecular weight is 351 g/mol. The van der Waals surface area contributed by atoms with Crippen molar-refractivity contribution in [3.05, 3.63) is 65.2 Å². The van der Waals surface area contributed by atoms with Gasteiger partial charge in [0.25, 0.3) is 0 Å². The van der Waals surface area contributed by atoms with Crippen LogP contribution >= 0.6 is 0 Å². The molecule has 1 aromatic heterocycles. The number of aromatic amines is 1. The SMILES string of the molecule is COc1ccc(COC(=O)Nc2cc(-c3ccc(C)cc3C)[nH]n2)cc1. The van der Waals surface area contributed by atoms with Crippen LogP contribution in [0, 0.1) is 13.8 Å².